The second-order valence-electron chi connectivity index (χ2n) is 8.32. The van der Waals surface area contributed by atoms with Crippen LogP contribution in [0.5, 0.6) is 5.75 Å². The molecule has 4 rings (SSSR count). The van der Waals surface area contributed by atoms with Crippen LogP contribution in [0, 0.1) is 12.3 Å². The highest BCUT2D eigenvalue weighted by Gasteiger charge is 2.18. The topological polar surface area (TPSA) is 101 Å². The lowest BCUT2D eigenvalue weighted by Gasteiger charge is -2.16. The first-order valence-electron chi connectivity index (χ1n) is 10.8. The second-order valence-corrected chi connectivity index (χ2v) is 8.32. The number of methoxy groups -OCH3 is 1. The molecule has 0 aliphatic heterocycles. The van der Waals surface area contributed by atoms with Crippen LogP contribution in [0.4, 0.5) is 0 Å². The monoisotopic (exact) mass is 445 g/mol. The van der Waals surface area contributed by atoms with Crippen LogP contribution in [0.2, 0.25) is 0 Å². The molecule has 3 heterocycles. The van der Waals surface area contributed by atoms with Gasteiger partial charge in [-0.3, -0.25) is 19.4 Å². The summed E-state index contributed by atoms with van der Waals surface area (Å²) in [5.74, 6) is 0.380. The van der Waals surface area contributed by atoms with Gasteiger partial charge in [-0.1, -0.05) is 18.2 Å². The Bertz CT molecular complexity index is 1470. The average Bonchev–Trinajstić information content (AvgIpc) is 2.79. The quantitative estimate of drug-likeness (QED) is 0.446. The Labute approximate surface area is 191 Å². The molecule has 4 aromatic rings. The number of aryl methyl sites for hydroxylation is 3. The van der Waals surface area contributed by atoms with Gasteiger partial charge in [0, 0.05) is 18.8 Å². The first-order valence-corrected chi connectivity index (χ1v) is 10.8. The first-order chi connectivity index (χ1) is 15.8. The smallest absolute Gasteiger partial charge is 0.267 e. The molecule has 0 spiro atoms. The van der Waals surface area contributed by atoms with E-state index in [2.05, 4.69) is 5.32 Å². The zero-order valence-corrected chi connectivity index (χ0v) is 19.2. The highest BCUT2D eigenvalue weighted by atomic mass is 16.5. The number of benzene rings is 1. The molecule has 0 aliphatic rings. The fourth-order valence-electron chi connectivity index (χ4n) is 3.86. The Morgan fingerprint density at radius 3 is 2.58 bits per heavy atom. The molecule has 1 aromatic carbocycles. The number of ether oxygens (including phenoxy) is 1. The highest BCUT2D eigenvalue weighted by Crippen LogP contribution is 2.15. The lowest BCUT2D eigenvalue weighted by Crippen LogP contribution is -2.37. The fourth-order valence-corrected chi connectivity index (χ4v) is 3.86. The Balaban J connectivity index is 1.92. The van der Waals surface area contributed by atoms with Crippen molar-refractivity contribution in [3.05, 3.63) is 81.2 Å². The highest BCUT2D eigenvalue weighted by molar-refractivity contribution is 5.97. The Kier molecular flexibility index (Phi) is 6.00. The minimum Gasteiger partial charge on any atom is -0.497 e. The van der Waals surface area contributed by atoms with Gasteiger partial charge >= 0.3 is 0 Å². The summed E-state index contributed by atoms with van der Waals surface area (Å²) in [4.78, 5) is 31.0. The predicted octanol–water partition coefficient (Wildman–Crippen LogP) is 2.83. The number of hydrogen-bond donors (Lipinski definition) is 2. The van der Waals surface area contributed by atoms with Crippen molar-refractivity contribution in [2.24, 2.45) is 0 Å². The summed E-state index contributed by atoms with van der Waals surface area (Å²) >= 11 is 0. The summed E-state index contributed by atoms with van der Waals surface area (Å²) in [6.45, 7) is 5.99. The minimum absolute atomic E-state index is 0.0268. The van der Waals surface area contributed by atoms with E-state index in [1.807, 2.05) is 51.1 Å². The second kappa shape index (κ2) is 8.90. The molecular formula is C25H27N5O3. The van der Waals surface area contributed by atoms with Crippen LogP contribution in [-0.4, -0.2) is 33.0 Å². The average molecular weight is 446 g/mol. The summed E-state index contributed by atoms with van der Waals surface area (Å²) in [5, 5.41) is 11.9. The lowest BCUT2D eigenvalue weighted by atomic mass is 10.1. The van der Waals surface area contributed by atoms with Crippen LogP contribution in [0.15, 0.2) is 53.5 Å². The van der Waals surface area contributed by atoms with E-state index in [1.54, 1.807) is 23.9 Å². The molecule has 2 N–H and O–H groups in total. The molecule has 0 radical (unpaired) electrons. The summed E-state index contributed by atoms with van der Waals surface area (Å²) < 4.78 is 8.36. The molecule has 0 atom stereocenters. The summed E-state index contributed by atoms with van der Waals surface area (Å²) in [6.07, 6.45) is 2.26. The molecule has 33 heavy (non-hydrogen) atoms. The van der Waals surface area contributed by atoms with E-state index in [-0.39, 0.29) is 28.6 Å². The predicted molar refractivity (Wildman–Crippen MR) is 127 cm³/mol. The number of carbonyl (C=O) groups is 1. The summed E-state index contributed by atoms with van der Waals surface area (Å²) in [5.41, 5.74) is 2.74. The van der Waals surface area contributed by atoms with E-state index in [4.69, 9.17) is 15.1 Å². The molecule has 0 bridgehead atoms. The normalized spacial score (nSPS) is 11.3. The van der Waals surface area contributed by atoms with Crippen molar-refractivity contribution in [2.45, 2.75) is 39.8 Å². The Morgan fingerprint density at radius 1 is 1.18 bits per heavy atom. The number of hydrogen-bond acceptors (Lipinski definition) is 5. The van der Waals surface area contributed by atoms with Crippen LogP contribution < -0.4 is 21.1 Å². The maximum absolute atomic E-state index is 13.3. The van der Waals surface area contributed by atoms with Crippen molar-refractivity contribution >= 4 is 22.6 Å². The molecule has 0 unspecified atom stereocenters. The number of pyridine rings is 2. The van der Waals surface area contributed by atoms with Crippen molar-refractivity contribution in [3.63, 3.8) is 0 Å². The van der Waals surface area contributed by atoms with Crippen LogP contribution in [-0.2, 0) is 13.0 Å². The van der Waals surface area contributed by atoms with E-state index in [1.165, 1.54) is 10.5 Å². The third-order valence-electron chi connectivity index (χ3n) is 5.58. The number of carbonyl (C=O) groups excluding carboxylic acids is 1. The van der Waals surface area contributed by atoms with Crippen LogP contribution in [0.25, 0.3) is 16.7 Å². The van der Waals surface area contributed by atoms with Gasteiger partial charge in [0.1, 0.15) is 22.5 Å². The molecule has 8 heteroatoms. The molecule has 8 nitrogen and oxygen atoms in total. The van der Waals surface area contributed by atoms with E-state index < -0.39 is 0 Å². The number of nitrogens with one attached hydrogen (secondary N) is 2. The van der Waals surface area contributed by atoms with Gasteiger partial charge in [-0.2, -0.15) is 0 Å². The molecule has 0 saturated carbocycles. The molecule has 0 aliphatic carbocycles. The third kappa shape index (κ3) is 4.24. The lowest BCUT2D eigenvalue weighted by molar-refractivity contribution is 0.0940. The van der Waals surface area contributed by atoms with Gasteiger partial charge in [0.05, 0.1) is 18.1 Å². The van der Waals surface area contributed by atoms with E-state index in [0.29, 0.717) is 29.6 Å². The Morgan fingerprint density at radius 2 is 1.91 bits per heavy atom. The number of aromatic nitrogens is 3. The van der Waals surface area contributed by atoms with Crippen LogP contribution >= 0.6 is 0 Å². The van der Waals surface area contributed by atoms with Gasteiger partial charge in [0.25, 0.3) is 11.5 Å². The molecule has 1 amide bonds. The molecule has 0 fully saturated rings. The minimum atomic E-state index is -0.385. The maximum atomic E-state index is 13.3. The molecule has 0 saturated heterocycles. The van der Waals surface area contributed by atoms with E-state index in [0.717, 1.165) is 16.9 Å². The standard InChI is InChI=1S/C25H27N5O3/c1-15(2)27-24(31)19-14-20-23(28-22-16(3)6-5-12-30(22)25(20)32)29(21(19)26)13-11-17-7-9-18(33-4)10-8-17/h5-10,12,14-15,26H,11,13H2,1-4H3,(H,27,31). The summed E-state index contributed by atoms with van der Waals surface area (Å²) in [6, 6.07) is 12.8. The molecular weight excluding hydrogens is 418 g/mol. The zero-order chi connectivity index (χ0) is 23.7. The van der Waals surface area contributed by atoms with Gasteiger partial charge in [-0.25, -0.2) is 4.98 Å². The van der Waals surface area contributed by atoms with Gasteiger partial charge in [0.2, 0.25) is 0 Å². The maximum Gasteiger partial charge on any atom is 0.267 e. The van der Waals surface area contributed by atoms with Crippen molar-refractivity contribution in [2.75, 3.05) is 7.11 Å². The number of fused-ring (bicyclic) bond motifs is 2. The third-order valence-corrected chi connectivity index (χ3v) is 5.58. The fraction of sp³-hybridized carbons (Fsp3) is 0.280. The SMILES string of the molecule is COc1ccc(CCn2c(=N)c(C(=O)NC(C)C)cc3c(=O)n4cccc(C)c4nc32)cc1. The zero-order valence-electron chi connectivity index (χ0n) is 19.2. The number of amides is 1. The van der Waals surface area contributed by atoms with Gasteiger partial charge in [-0.05, 0) is 62.6 Å². The Hall–Kier alpha value is -3.94. The van der Waals surface area contributed by atoms with Crippen LogP contribution in [0.3, 0.4) is 0 Å². The molecule has 3 aromatic heterocycles. The van der Waals surface area contributed by atoms with Gasteiger partial charge in [-0.15, -0.1) is 0 Å². The van der Waals surface area contributed by atoms with Gasteiger partial charge < -0.3 is 14.6 Å². The van der Waals surface area contributed by atoms with Crippen molar-refractivity contribution in [1.82, 2.24) is 19.3 Å². The van der Waals surface area contributed by atoms with Gasteiger partial charge in [0.15, 0.2) is 0 Å². The van der Waals surface area contributed by atoms with Crippen molar-refractivity contribution < 1.29 is 9.53 Å². The summed E-state index contributed by atoms with van der Waals surface area (Å²) in [7, 11) is 1.62. The number of nitrogens with zero attached hydrogens (tertiary/aromatic N) is 3. The first kappa shape index (κ1) is 22.3. The van der Waals surface area contributed by atoms with Crippen LogP contribution in [0.1, 0.15) is 35.3 Å². The number of rotatable bonds is 6. The van der Waals surface area contributed by atoms with E-state index in [9.17, 15) is 9.59 Å². The molecule has 170 valence electrons. The van der Waals surface area contributed by atoms with E-state index >= 15 is 0 Å². The van der Waals surface area contributed by atoms with Crippen molar-refractivity contribution in [3.8, 4) is 5.75 Å². The van der Waals surface area contributed by atoms with Crippen molar-refractivity contribution in [1.29, 1.82) is 5.41 Å². The largest absolute Gasteiger partial charge is 0.497 e.